The Hall–Kier alpha value is -1.46. The molecule has 1 aliphatic rings. The van der Waals surface area contributed by atoms with Gasteiger partial charge in [-0.2, -0.15) is 0 Å². The molecule has 1 aliphatic heterocycles. The largest absolute Gasteiger partial charge is 0.392 e. The molecule has 5 nitrogen and oxygen atoms in total. The average molecular weight is 250 g/mol. The highest BCUT2D eigenvalue weighted by Gasteiger charge is 2.20. The topological polar surface area (TPSA) is 66.6 Å². The van der Waals surface area contributed by atoms with E-state index >= 15 is 0 Å². The number of aliphatic hydroxyl groups excluding tert-OH is 1. The molecule has 0 radical (unpaired) electrons. The summed E-state index contributed by atoms with van der Waals surface area (Å²) in [5.41, 5.74) is 1.87. The highest BCUT2D eigenvalue weighted by atomic mass is 16.6. The van der Waals surface area contributed by atoms with Crippen molar-refractivity contribution in [3.05, 3.63) is 39.4 Å². The van der Waals surface area contributed by atoms with Crippen LogP contribution in [-0.4, -0.2) is 34.1 Å². The van der Waals surface area contributed by atoms with Crippen LogP contribution < -0.4 is 0 Å². The third kappa shape index (κ3) is 2.86. The predicted octanol–water partition coefficient (Wildman–Crippen LogP) is 1.86. The van der Waals surface area contributed by atoms with Gasteiger partial charge in [0.05, 0.1) is 11.0 Å². The lowest BCUT2D eigenvalue weighted by molar-refractivity contribution is -0.385. The third-order valence-electron chi connectivity index (χ3n) is 3.49. The van der Waals surface area contributed by atoms with E-state index in [1.807, 2.05) is 6.07 Å². The Morgan fingerprint density at radius 2 is 2.33 bits per heavy atom. The minimum Gasteiger partial charge on any atom is -0.392 e. The van der Waals surface area contributed by atoms with Gasteiger partial charge in [0, 0.05) is 24.7 Å². The van der Waals surface area contributed by atoms with Gasteiger partial charge >= 0.3 is 0 Å². The fourth-order valence-electron chi connectivity index (χ4n) is 2.45. The minimum absolute atomic E-state index is 0.171. The molecule has 0 unspecified atom stereocenters. The summed E-state index contributed by atoms with van der Waals surface area (Å²) in [5.74, 6) is 0. The lowest BCUT2D eigenvalue weighted by Crippen LogP contribution is -2.37. The summed E-state index contributed by atoms with van der Waals surface area (Å²) < 4.78 is 0. The monoisotopic (exact) mass is 250 g/mol. The molecule has 1 saturated heterocycles. The quantitative estimate of drug-likeness (QED) is 0.657. The lowest BCUT2D eigenvalue weighted by atomic mass is 10.0. The number of piperidine rings is 1. The SMILES string of the molecule is Cc1c(CN2CCC[C@H](O)C2)cccc1[N+](=O)[O-]. The molecule has 2 rings (SSSR count). The van der Waals surface area contributed by atoms with Crippen molar-refractivity contribution in [2.24, 2.45) is 0 Å². The molecular weight excluding hydrogens is 232 g/mol. The first-order chi connectivity index (χ1) is 8.58. The first kappa shape index (κ1) is 13.0. The summed E-state index contributed by atoms with van der Waals surface area (Å²) in [7, 11) is 0. The van der Waals surface area contributed by atoms with E-state index in [-0.39, 0.29) is 16.7 Å². The molecule has 0 bridgehead atoms. The summed E-state index contributed by atoms with van der Waals surface area (Å²) in [5, 5.41) is 20.5. The fourth-order valence-corrected chi connectivity index (χ4v) is 2.45. The van der Waals surface area contributed by atoms with Crippen molar-refractivity contribution in [1.29, 1.82) is 0 Å². The van der Waals surface area contributed by atoms with Crippen molar-refractivity contribution in [3.8, 4) is 0 Å². The van der Waals surface area contributed by atoms with Crippen LogP contribution >= 0.6 is 0 Å². The number of nitro groups is 1. The van der Waals surface area contributed by atoms with Crippen molar-refractivity contribution in [2.45, 2.75) is 32.4 Å². The molecule has 0 spiro atoms. The van der Waals surface area contributed by atoms with Crippen LogP contribution in [0.1, 0.15) is 24.0 Å². The van der Waals surface area contributed by atoms with E-state index in [0.29, 0.717) is 13.1 Å². The Morgan fingerprint density at radius 1 is 1.56 bits per heavy atom. The Kier molecular flexibility index (Phi) is 3.93. The lowest BCUT2D eigenvalue weighted by Gasteiger charge is -2.30. The van der Waals surface area contributed by atoms with E-state index in [2.05, 4.69) is 4.90 Å². The molecule has 1 aromatic rings. The zero-order chi connectivity index (χ0) is 13.1. The maximum Gasteiger partial charge on any atom is 0.272 e. The smallest absolute Gasteiger partial charge is 0.272 e. The average Bonchev–Trinajstić information content (AvgIpc) is 2.31. The van der Waals surface area contributed by atoms with E-state index in [4.69, 9.17) is 0 Å². The summed E-state index contributed by atoms with van der Waals surface area (Å²) in [6, 6.07) is 5.17. The highest BCUT2D eigenvalue weighted by Crippen LogP contribution is 2.23. The molecular formula is C13H18N2O3. The number of benzene rings is 1. The zero-order valence-electron chi connectivity index (χ0n) is 10.5. The van der Waals surface area contributed by atoms with E-state index in [1.54, 1.807) is 13.0 Å². The molecule has 1 aromatic carbocycles. The Morgan fingerprint density at radius 3 is 3.00 bits per heavy atom. The van der Waals surface area contributed by atoms with Crippen molar-refractivity contribution in [1.82, 2.24) is 4.90 Å². The van der Waals surface area contributed by atoms with Crippen LogP contribution in [0.4, 0.5) is 5.69 Å². The number of aliphatic hydroxyl groups is 1. The third-order valence-corrected chi connectivity index (χ3v) is 3.49. The van der Waals surface area contributed by atoms with Gasteiger partial charge in [-0.25, -0.2) is 0 Å². The minimum atomic E-state index is -0.343. The van der Waals surface area contributed by atoms with Crippen LogP contribution in [0.3, 0.4) is 0 Å². The van der Waals surface area contributed by atoms with Gasteiger partial charge in [0.25, 0.3) is 5.69 Å². The van der Waals surface area contributed by atoms with Crippen molar-refractivity contribution >= 4 is 5.69 Å². The molecule has 1 atom stereocenters. The summed E-state index contributed by atoms with van der Waals surface area (Å²) in [6.07, 6.45) is 1.57. The summed E-state index contributed by atoms with van der Waals surface area (Å²) in [4.78, 5) is 12.7. The van der Waals surface area contributed by atoms with Gasteiger partial charge in [-0.15, -0.1) is 0 Å². The number of rotatable bonds is 3. The maximum atomic E-state index is 10.9. The molecule has 0 aliphatic carbocycles. The van der Waals surface area contributed by atoms with Crippen LogP contribution in [0.2, 0.25) is 0 Å². The number of β-amino-alcohol motifs (C(OH)–C–C–N with tert-alkyl or cyclic N) is 1. The van der Waals surface area contributed by atoms with E-state index in [0.717, 1.165) is 30.5 Å². The highest BCUT2D eigenvalue weighted by molar-refractivity contribution is 5.44. The van der Waals surface area contributed by atoms with Crippen LogP contribution in [-0.2, 0) is 6.54 Å². The Labute approximate surface area is 106 Å². The van der Waals surface area contributed by atoms with Crippen molar-refractivity contribution in [2.75, 3.05) is 13.1 Å². The van der Waals surface area contributed by atoms with Crippen LogP contribution in [0.25, 0.3) is 0 Å². The Bertz CT molecular complexity index is 448. The van der Waals surface area contributed by atoms with Gasteiger partial charge in [-0.3, -0.25) is 15.0 Å². The standard InChI is InChI=1S/C13H18N2O3/c1-10-11(4-2-6-13(10)15(17)18)8-14-7-3-5-12(16)9-14/h2,4,6,12,16H,3,5,7-9H2,1H3/t12-/m0/s1. The van der Waals surface area contributed by atoms with Crippen molar-refractivity contribution in [3.63, 3.8) is 0 Å². The van der Waals surface area contributed by atoms with Gasteiger partial charge in [0.2, 0.25) is 0 Å². The first-order valence-electron chi connectivity index (χ1n) is 6.21. The van der Waals surface area contributed by atoms with E-state index in [1.165, 1.54) is 6.07 Å². The number of nitro benzene ring substituents is 1. The van der Waals surface area contributed by atoms with Crippen LogP contribution in [0, 0.1) is 17.0 Å². The summed E-state index contributed by atoms with van der Waals surface area (Å²) in [6.45, 7) is 4.06. The molecule has 0 amide bonds. The van der Waals surface area contributed by atoms with Gasteiger partial charge in [-0.05, 0) is 31.9 Å². The first-order valence-corrected chi connectivity index (χ1v) is 6.21. The normalized spacial score (nSPS) is 20.9. The Balaban J connectivity index is 2.14. The van der Waals surface area contributed by atoms with Gasteiger partial charge < -0.3 is 5.11 Å². The zero-order valence-corrected chi connectivity index (χ0v) is 10.5. The molecule has 0 aromatic heterocycles. The number of likely N-dealkylation sites (tertiary alicyclic amines) is 1. The van der Waals surface area contributed by atoms with Crippen molar-refractivity contribution < 1.29 is 10.0 Å². The second-order valence-corrected chi connectivity index (χ2v) is 4.85. The van der Waals surface area contributed by atoms with Gasteiger partial charge in [0.15, 0.2) is 0 Å². The second-order valence-electron chi connectivity index (χ2n) is 4.85. The van der Waals surface area contributed by atoms with E-state index < -0.39 is 0 Å². The second kappa shape index (κ2) is 5.46. The molecule has 98 valence electrons. The predicted molar refractivity (Wildman–Crippen MR) is 68.4 cm³/mol. The number of hydrogen-bond acceptors (Lipinski definition) is 4. The van der Waals surface area contributed by atoms with Crippen LogP contribution in [0.15, 0.2) is 18.2 Å². The molecule has 1 N–H and O–H groups in total. The molecule has 1 heterocycles. The summed E-state index contributed by atoms with van der Waals surface area (Å²) >= 11 is 0. The molecule has 5 heteroatoms. The van der Waals surface area contributed by atoms with Crippen LogP contribution in [0.5, 0.6) is 0 Å². The van der Waals surface area contributed by atoms with E-state index in [9.17, 15) is 15.2 Å². The van der Waals surface area contributed by atoms with Gasteiger partial charge in [0.1, 0.15) is 0 Å². The molecule has 0 saturated carbocycles. The fraction of sp³-hybridized carbons (Fsp3) is 0.538. The number of hydrogen-bond donors (Lipinski definition) is 1. The number of nitrogens with zero attached hydrogens (tertiary/aromatic N) is 2. The van der Waals surface area contributed by atoms with Gasteiger partial charge in [-0.1, -0.05) is 12.1 Å². The maximum absolute atomic E-state index is 10.9. The molecule has 1 fully saturated rings. The molecule has 18 heavy (non-hydrogen) atoms.